The zero-order chi connectivity index (χ0) is 12.7. The van der Waals surface area contributed by atoms with Gasteiger partial charge >= 0.3 is 0 Å². The maximum absolute atomic E-state index is 4.29. The maximum atomic E-state index is 4.29. The number of imidazole rings is 1. The second kappa shape index (κ2) is 4.19. The smallest absolute Gasteiger partial charge is 0.0953 e. The fourth-order valence-electron chi connectivity index (χ4n) is 3.06. The Balaban J connectivity index is 1.83. The van der Waals surface area contributed by atoms with Crippen LogP contribution in [0.25, 0.3) is 10.8 Å². The molecule has 0 bridgehead atoms. The van der Waals surface area contributed by atoms with Crippen LogP contribution in [0, 0.1) is 0 Å². The molecule has 0 N–H and O–H groups in total. The SMILES string of the molecule is c1cc2cc(C3CCCc4cncn43)ccc2cn1. The molecular weight excluding hydrogens is 234 g/mol. The van der Waals surface area contributed by atoms with Gasteiger partial charge in [-0.25, -0.2) is 4.98 Å². The first-order chi connectivity index (χ1) is 9.42. The van der Waals surface area contributed by atoms with Crippen molar-refractivity contribution in [3.05, 3.63) is 60.4 Å². The summed E-state index contributed by atoms with van der Waals surface area (Å²) in [7, 11) is 0. The molecule has 3 nitrogen and oxygen atoms in total. The minimum absolute atomic E-state index is 0.434. The monoisotopic (exact) mass is 249 g/mol. The lowest BCUT2D eigenvalue weighted by atomic mass is 9.95. The summed E-state index contributed by atoms with van der Waals surface area (Å²) in [6, 6.07) is 9.20. The minimum Gasteiger partial charge on any atom is -0.327 e. The van der Waals surface area contributed by atoms with Crippen LogP contribution in [-0.4, -0.2) is 14.5 Å². The quantitative estimate of drug-likeness (QED) is 0.662. The molecule has 2 aromatic heterocycles. The largest absolute Gasteiger partial charge is 0.327 e. The van der Waals surface area contributed by atoms with Crippen molar-refractivity contribution in [2.75, 3.05) is 0 Å². The van der Waals surface area contributed by atoms with Crippen LogP contribution in [0.15, 0.2) is 49.2 Å². The van der Waals surface area contributed by atoms with Gasteiger partial charge in [0.25, 0.3) is 0 Å². The number of benzene rings is 1. The third-order valence-electron chi connectivity index (χ3n) is 4.04. The van der Waals surface area contributed by atoms with E-state index in [9.17, 15) is 0 Å². The number of pyridine rings is 1. The molecule has 0 spiro atoms. The first kappa shape index (κ1) is 10.7. The third kappa shape index (κ3) is 1.73. The molecule has 0 aliphatic carbocycles. The van der Waals surface area contributed by atoms with Gasteiger partial charge in [0, 0.05) is 29.7 Å². The molecule has 19 heavy (non-hydrogen) atoms. The van der Waals surface area contributed by atoms with Gasteiger partial charge < -0.3 is 4.57 Å². The molecule has 0 saturated carbocycles. The molecule has 1 atom stereocenters. The third-order valence-corrected chi connectivity index (χ3v) is 4.04. The lowest BCUT2D eigenvalue weighted by molar-refractivity contribution is 0.458. The van der Waals surface area contributed by atoms with Crippen molar-refractivity contribution in [3.8, 4) is 0 Å². The van der Waals surface area contributed by atoms with Gasteiger partial charge in [-0.1, -0.05) is 12.1 Å². The summed E-state index contributed by atoms with van der Waals surface area (Å²) in [6.07, 6.45) is 11.3. The van der Waals surface area contributed by atoms with Gasteiger partial charge in [0.1, 0.15) is 0 Å². The van der Waals surface area contributed by atoms with E-state index in [1.54, 1.807) is 0 Å². The molecule has 3 aromatic rings. The van der Waals surface area contributed by atoms with Gasteiger partial charge in [0.15, 0.2) is 0 Å². The summed E-state index contributed by atoms with van der Waals surface area (Å²) in [5, 5.41) is 2.47. The summed E-state index contributed by atoms with van der Waals surface area (Å²) in [5.41, 5.74) is 2.73. The van der Waals surface area contributed by atoms with Gasteiger partial charge in [-0.05, 0) is 42.3 Å². The number of nitrogens with zero attached hydrogens (tertiary/aromatic N) is 3. The van der Waals surface area contributed by atoms with Gasteiger partial charge in [0.2, 0.25) is 0 Å². The Bertz CT molecular complexity index is 729. The Morgan fingerprint density at radius 1 is 1.05 bits per heavy atom. The van der Waals surface area contributed by atoms with Crippen LogP contribution in [-0.2, 0) is 6.42 Å². The molecule has 0 radical (unpaired) electrons. The summed E-state index contributed by atoms with van der Waals surface area (Å²) in [4.78, 5) is 8.46. The Morgan fingerprint density at radius 2 is 2.05 bits per heavy atom. The second-order valence-corrected chi connectivity index (χ2v) is 5.18. The highest BCUT2D eigenvalue weighted by molar-refractivity contribution is 5.82. The number of hydrogen-bond donors (Lipinski definition) is 0. The molecule has 94 valence electrons. The highest BCUT2D eigenvalue weighted by Crippen LogP contribution is 2.31. The van der Waals surface area contributed by atoms with Crippen LogP contribution >= 0.6 is 0 Å². The zero-order valence-electron chi connectivity index (χ0n) is 10.7. The van der Waals surface area contributed by atoms with Gasteiger partial charge in [-0.2, -0.15) is 0 Å². The standard InChI is InChI=1S/C16H15N3/c1-2-15-10-18-11-19(15)16(3-1)13-4-5-14-9-17-7-6-12(14)8-13/h4-11,16H,1-3H2. The second-order valence-electron chi connectivity index (χ2n) is 5.18. The normalized spacial score (nSPS) is 18.4. The van der Waals surface area contributed by atoms with Crippen molar-refractivity contribution in [3.63, 3.8) is 0 Å². The zero-order valence-corrected chi connectivity index (χ0v) is 10.7. The van der Waals surface area contributed by atoms with Crippen molar-refractivity contribution in [2.45, 2.75) is 25.3 Å². The first-order valence-corrected chi connectivity index (χ1v) is 6.76. The highest BCUT2D eigenvalue weighted by Gasteiger charge is 2.20. The lowest BCUT2D eigenvalue weighted by Gasteiger charge is -2.26. The lowest BCUT2D eigenvalue weighted by Crippen LogP contribution is -2.17. The average Bonchev–Trinajstić information content (AvgIpc) is 2.95. The van der Waals surface area contributed by atoms with E-state index in [-0.39, 0.29) is 0 Å². The molecule has 0 saturated heterocycles. The molecule has 4 rings (SSSR count). The fourth-order valence-corrected chi connectivity index (χ4v) is 3.06. The summed E-state index contributed by atoms with van der Waals surface area (Å²) >= 11 is 0. The molecule has 3 heterocycles. The van der Waals surface area contributed by atoms with Crippen molar-refractivity contribution in [1.82, 2.24) is 14.5 Å². The van der Waals surface area contributed by atoms with Crippen LogP contribution in [0.2, 0.25) is 0 Å². The maximum Gasteiger partial charge on any atom is 0.0953 e. The number of aryl methyl sites for hydroxylation is 1. The predicted molar refractivity (Wildman–Crippen MR) is 75.0 cm³/mol. The predicted octanol–water partition coefficient (Wildman–Crippen LogP) is 3.36. The number of fused-ring (bicyclic) bond motifs is 2. The molecule has 1 unspecified atom stereocenters. The molecule has 0 fully saturated rings. The molecule has 1 aliphatic rings. The van der Waals surface area contributed by atoms with E-state index in [0.29, 0.717) is 6.04 Å². The van der Waals surface area contributed by atoms with Crippen LogP contribution < -0.4 is 0 Å². The van der Waals surface area contributed by atoms with Crippen molar-refractivity contribution in [1.29, 1.82) is 0 Å². The van der Waals surface area contributed by atoms with Crippen LogP contribution in [0.5, 0.6) is 0 Å². The van der Waals surface area contributed by atoms with Gasteiger partial charge in [-0.3, -0.25) is 4.98 Å². The first-order valence-electron chi connectivity index (χ1n) is 6.76. The molecular formula is C16H15N3. The Kier molecular flexibility index (Phi) is 2.37. The van der Waals surface area contributed by atoms with Crippen molar-refractivity contribution in [2.24, 2.45) is 0 Å². The molecule has 0 amide bonds. The van der Waals surface area contributed by atoms with E-state index in [2.05, 4.69) is 38.8 Å². The summed E-state index contributed by atoms with van der Waals surface area (Å²) in [5.74, 6) is 0. The van der Waals surface area contributed by atoms with Crippen molar-refractivity contribution >= 4 is 10.8 Å². The molecule has 1 aliphatic heterocycles. The topological polar surface area (TPSA) is 30.7 Å². The fraction of sp³-hybridized carbons (Fsp3) is 0.250. The van der Waals surface area contributed by atoms with Crippen molar-refractivity contribution < 1.29 is 0 Å². The van der Waals surface area contributed by atoms with E-state index in [4.69, 9.17) is 0 Å². The average molecular weight is 249 g/mol. The van der Waals surface area contributed by atoms with Crippen LogP contribution in [0.1, 0.15) is 30.1 Å². The van der Waals surface area contributed by atoms with Gasteiger partial charge in [-0.15, -0.1) is 0 Å². The van der Waals surface area contributed by atoms with E-state index in [1.807, 2.05) is 24.9 Å². The summed E-state index contributed by atoms with van der Waals surface area (Å²) in [6.45, 7) is 0. The number of hydrogen-bond acceptors (Lipinski definition) is 2. The van der Waals surface area contributed by atoms with Crippen LogP contribution in [0.4, 0.5) is 0 Å². The van der Waals surface area contributed by atoms with E-state index in [0.717, 1.165) is 6.42 Å². The molecule has 3 heteroatoms. The Morgan fingerprint density at radius 3 is 3.05 bits per heavy atom. The van der Waals surface area contributed by atoms with Crippen LogP contribution in [0.3, 0.4) is 0 Å². The highest BCUT2D eigenvalue weighted by atomic mass is 15.1. The van der Waals surface area contributed by atoms with E-state index < -0.39 is 0 Å². The molecule has 1 aromatic carbocycles. The number of aromatic nitrogens is 3. The van der Waals surface area contributed by atoms with E-state index in [1.165, 1.54) is 34.9 Å². The number of rotatable bonds is 1. The Hall–Kier alpha value is -2.16. The van der Waals surface area contributed by atoms with Gasteiger partial charge in [0.05, 0.1) is 12.4 Å². The van der Waals surface area contributed by atoms with E-state index >= 15 is 0 Å². The summed E-state index contributed by atoms with van der Waals surface area (Å²) < 4.78 is 2.33. The minimum atomic E-state index is 0.434. The Labute approximate surface area is 111 Å².